The lowest BCUT2D eigenvalue weighted by atomic mass is 10.1. The van der Waals surface area contributed by atoms with Crippen LogP contribution in [0, 0.1) is 11.3 Å². The average Bonchev–Trinajstić information content (AvgIpc) is 2.93. The van der Waals surface area contributed by atoms with E-state index in [2.05, 4.69) is 11.4 Å². The Hall–Kier alpha value is -1.90. The van der Waals surface area contributed by atoms with Crippen molar-refractivity contribution in [3.8, 4) is 6.07 Å². The van der Waals surface area contributed by atoms with Gasteiger partial charge in [-0.15, -0.1) is 0 Å². The van der Waals surface area contributed by atoms with E-state index < -0.39 is 12.0 Å². The Balaban J connectivity index is 0.000000218. The van der Waals surface area contributed by atoms with E-state index in [9.17, 15) is 4.79 Å². The summed E-state index contributed by atoms with van der Waals surface area (Å²) in [5, 5.41) is 19.8. The Morgan fingerprint density at radius 3 is 2.63 bits per heavy atom. The number of rotatable bonds is 3. The molecular formula is C14H19N3O2. The Kier molecular flexibility index (Phi) is 6.58. The van der Waals surface area contributed by atoms with E-state index in [1.165, 1.54) is 0 Å². The quantitative estimate of drug-likeness (QED) is 0.751. The third-order valence-electron chi connectivity index (χ3n) is 2.83. The predicted octanol–water partition coefficient (Wildman–Crippen LogP) is 0.903. The van der Waals surface area contributed by atoms with Gasteiger partial charge in [0, 0.05) is 0 Å². The van der Waals surface area contributed by atoms with Crippen LogP contribution in [-0.2, 0) is 11.2 Å². The number of nitriles is 1. The van der Waals surface area contributed by atoms with Gasteiger partial charge in [0.05, 0.1) is 12.1 Å². The summed E-state index contributed by atoms with van der Waals surface area (Å²) in [5.74, 6) is -0.959. The van der Waals surface area contributed by atoms with Crippen LogP contribution >= 0.6 is 0 Å². The standard InChI is InChI=1S/C9H11NO2.C5H8N2/c10-8(9(11)12)6-7-4-2-1-3-5-7;6-4-5-2-1-3-7-5/h1-5,8H,6,10H2,(H,11,12);5,7H,1-3H2/t8-;/m0./s1. The summed E-state index contributed by atoms with van der Waals surface area (Å²) in [5.41, 5.74) is 6.30. The maximum atomic E-state index is 10.4. The van der Waals surface area contributed by atoms with Crippen molar-refractivity contribution in [3.05, 3.63) is 35.9 Å². The Morgan fingerprint density at radius 1 is 1.53 bits per heavy atom. The maximum absolute atomic E-state index is 10.4. The molecule has 0 aromatic heterocycles. The monoisotopic (exact) mass is 261 g/mol. The van der Waals surface area contributed by atoms with Crippen molar-refractivity contribution < 1.29 is 9.90 Å². The van der Waals surface area contributed by atoms with Crippen LogP contribution in [0.4, 0.5) is 0 Å². The maximum Gasteiger partial charge on any atom is 0.320 e. The molecule has 1 aromatic rings. The van der Waals surface area contributed by atoms with Crippen molar-refractivity contribution >= 4 is 5.97 Å². The Bertz CT molecular complexity index is 422. The number of nitrogens with one attached hydrogen (secondary N) is 1. The summed E-state index contributed by atoms with van der Waals surface area (Å²) in [4.78, 5) is 10.4. The number of carboxylic acids is 1. The first-order valence-corrected chi connectivity index (χ1v) is 6.28. The van der Waals surface area contributed by atoms with Gasteiger partial charge in [0.15, 0.2) is 0 Å². The van der Waals surface area contributed by atoms with Crippen molar-refractivity contribution in [2.75, 3.05) is 6.54 Å². The fourth-order valence-electron chi connectivity index (χ4n) is 1.75. The van der Waals surface area contributed by atoms with E-state index >= 15 is 0 Å². The highest BCUT2D eigenvalue weighted by Crippen LogP contribution is 2.02. The van der Waals surface area contributed by atoms with Crippen molar-refractivity contribution in [2.45, 2.75) is 31.3 Å². The van der Waals surface area contributed by atoms with Crippen molar-refractivity contribution in [3.63, 3.8) is 0 Å². The second kappa shape index (κ2) is 8.25. The minimum atomic E-state index is -0.959. The Morgan fingerprint density at radius 2 is 2.21 bits per heavy atom. The predicted molar refractivity (Wildman–Crippen MR) is 72.4 cm³/mol. The van der Waals surface area contributed by atoms with Gasteiger partial charge in [-0.05, 0) is 31.4 Å². The molecule has 1 aliphatic heterocycles. The number of carbonyl (C=O) groups is 1. The van der Waals surface area contributed by atoms with Gasteiger partial charge in [-0.1, -0.05) is 30.3 Å². The van der Waals surface area contributed by atoms with Gasteiger partial charge in [-0.25, -0.2) is 0 Å². The fraction of sp³-hybridized carbons (Fsp3) is 0.429. The molecular weight excluding hydrogens is 242 g/mol. The third-order valence-corrected chi connectivity index (χ3v) is 2.83. The van der Waals surface area contributed by atoms with Crippen LogP contribution in [0.5, 0.6) is 0 Å². The fourth-order valence-corrected chi connectivity index (χ4v) is 1.75. The van der Waals surface area contributed by atoms with E-state index in [1.54, 1.807) is 0 Å². The van der Waals surface area contributed by atoms with Gasteiger partial charge in [0.2, 0.25) is 0 Å². The molecule has 1 saturated heterocycles. The van der Waals surface area contributed by atoms with Crippen LogP contribution in [0.1, 0.15) is 18.4 Å². The minimum Gasteiger partial charge on any atom is -0.480 e. The zero-order valence-electron chi connectivity index (χ0n) is 10.7. The number of hydrogen-bond donors (Lipinski definition) is 3. The molecule has 0 bridgehead atoms. The molecule has 1 aliphatic rings. The zero-order valence-corrected chi connectivity index (χ0v) is 10.7. The second-order valence-corrected chi connectivity index (χ2v) is 4.41. The van der Waals surface area contributed by atoms with Gasteiger partial charge < -0.3 is 16.2 Å². The molecule has 1 aromatic carbocycles. The first-order chi connectivity index (χ1) is 9.13. The van der Waals surface area contributed by atoms with Gasteiger partial charge >= 0.3 is 5.97 Å². The van der Waals surface area contributed by atoms with Crippen LogP contribution in [0.15, 0.2) is 30.3 Å². The minimum absolute atomic E-state index is 0.153. The summed E-state index contributed by atoms with van der Waals surface area (Å²) in [6, 6.07) is 10.8. The summed E-state index contributed by atoms with van der Waals surface area (Å²) in [7, 11) is 0. The zero-order chi connectivity index (χ0) is 14.1. The molecule has 0 aliphatic carbocycles. The number of benzene rings is 1. The van der Waals surface area contributed by atoms with E-state index in [1.807, 2.05) is 30.3 Å². The van der Waals surface area contributed by atoms with Crippen LogP contribution in [0.25, 0.3) is 0 Å². The summed E-state index contributed by atoms with van der Waals surface area (Å²) >= 11 is 0. The topological polar surface area (TPSA) is 99.1 Å². The van der Waals surface area contributed by atoms with Gasteiger partial charge in [0.1, 0.15) is 6.04 Å². The van der Waals surface area contributed by atoms with E-state index in [0.29, 0.717) is 6.42 Å². The molecule has 1 unspecified atom stereocenters. The van der Waals surface area contributed by atoms with Gasteiger partial charge in [0.25, 0.3) is 0 Å². The molecule has 19 heavy (non-hydrogen) atoms. The first-order valence-electron chi connectivity index (χ1n) is 6.28. The smallest absolute Gasteiger partial charge is 0.320 e. The molecule has 102 valence electrons. The average molecular weight is 261 g/mol. The molecule has 0 radical (unpaired) electrons. The van der Waals surface area contributed by atoms with Crippen LogP contribution in [0.3, 0.4) is 0 Å². The van der Waals surface area contributed by atoms with Crippen molar-refractivity contribution in [2.24, 2.45) is 5.73 Å². The Labute approximate surface area is 113 Å². The normalized spacial score (nSPS) is 18.8. The van der Waals surface area contributed by atoms with Gasteiger partial charge in [-0.2, -0.15) is 5.26 Å². The number of nitrogens with two attached hydrogens (primary N) is 1. The summed E-state index contributed by atoms with van der Waals surface area (Å²) < 4.78 is 0. The van der Waals surface area contributed by atoms with E-state index in [4.69, 9.17) is 16.1 Å². The molecule has 1 fully saturated rings. The van der Waals surface area contributed by atoms with Crippen molar-refractivity contribution in [1.82, 2.24) is 5.32 Å². The first kappa shape index (κ1) is 15.2. The lowest BCUT2D eigenvalue weighted by Gasteiger charge is -2.04. The summed E-state index contributed by atoms with van der Waals surface area (Å²) in [6.45, 7) is 1.03. The highest BCUT2D eigenvalue weighted by Gasteiger charge is 2.11. The molecule has 4 N–H and O–H groups in total. The third kappa shape index (κ3) is 6.00. The molecule has 0 amide bonds. The molecule has 5 heteroatoms. The molecule has 5 nitrogen and oxygen atoms in total. The second-order valence-electron chi connectivity index (χ2n) is 4.41. The highest BCUT2D eigenvalue weighted by molar-refractivity contribution is 5.73. The number of hydrogen-bond acceptors (Lipinski definition) is 4. The molecule has 0 spiro atoms. The number of carboxylic acid groups (broad SMARTS) is 1. The molecule has 1 heterocycles. The lowest BCUT2D eigenvalue weighted by Crippen LogP contribution is -2.32. The lowest BCUT2D eigenvalue weighted by molar-refractivity contribution is -0.138. The molecule has 0 saturated carbocycles. The summed E-state index contributed by atoms with van der Waals surface area (Å²) in [6.07, 6.45) is 2.59. The number of nitrogens with zero attached hydrogens (tertiary/aromatic N) is 1. The molecule has 2 rings (SSSR count). The highest BCUT2D eigenvalue weighted by atomic mass is 16.4. The largest absolute Gasteiger partial charge is 0.480 e. The van der Waals surface area contributed by atoms with E-state index in [-0.39, 0.29) is 6.04 Å². The van der Waals surface area contributed by atoms with E-state index in [0.717, 1.165) is 24.9 Å². The van der Waals surface area contributed by atoms with Crippen LogP contribution < -0.4 is 11.1 Å². The van der Waals surface area contributed by atoms with Gasteiger partial charge in [-0.3, -0.25) is 4.79 Å². The van der Waals surface area contributed by atoms with Crippen LogP contribution in [-0.4, -0.2) is 29.7 Å². The SMILES string of the molecule is N#CC1CCCN1.N[C@@H](Cc1ccccc1)C(=O)O. The van der Waals surface area contributed by atoms with Crippen LogP contribution in [0.2, 0.25) is 0 Å². The molecule has 2 atom stereocenters. The number of aliphatic carboxylic acids is 1. The van der Waals surface area contributed by atoms with Crippen molar-refractivity contribution in [1.29, 1.82) is 5.26 Å².